The zero-order valence-electron chi connectivity index (χ0n) is 11.6. The van der Waals surface area contributed by atoms with Gasteiger partial charge in [-0.25, -0.2) is 14.2 Å². The van der Waals surface area contributed by atoms with Gasteiger partial charge in [-0.2, -0.15) is 0 Å². The lowest BCUT2D eigenvalue weighted by atomic mass is 10.1. The van der Waals surface area contributed by atoms with Crippen molar-refractivity contribution in [2.24, 2.45) is 0 Å². The Kier molecular flexibility index (Phi) is 3.56. The first-order valence-electron chi connectivity index (χ1n) is 6.74. The van der Waals surface area contributed by atoms with Crippen molar-refractivity contribution in [3.05, 3.63) is 59.0 Å². The molecule has 0 fully saturated rings. The van der Waals surface area contributed by atoms with E-state index in [1.165, 1.54) is 24.4 Å². The molecule has 1 aliphatic carbocycles. The number of fused-ring (bicyclic) bond motifs is 1. The Morgan fingerprint density at radius 3 is 2.57 bits per heavy atom. The third-order valence-corrected chi connectivity index (χ3v) is 3.65. The average Bonchev–Trinajstić information content (AvgIpc) is 2.90. The maximum atomic E-state index is 14.0. The van der Waals surface area contributed by atoms with Crippen molar-refractivity contribution in [2.45, 2.75) is 18.9 Å². The van der Waals surface area contributed by atoms with E-state index in [9.17, 15) is 9.18 Å². The first kappa shape index (κ1) is 13.5. The van der Waals surface area contributed by atoms with Crippen LogP contribution in [0.5, 0.6) is 0 Å². The van der Waals surface area contributed by atoms with E-state index >= 15 is 0 Å². The molecule has 0 atom stereocenters. The van der Waals surface area contributed by atoms with Crippen molar-refractivity contribution in [1.29, 1.82) is 0 Å². The van der Waals surface area contributed by atoms with Gasteiger partial charge in [-0.15, -0.1) is 0 Å². The van der Waals surface area contributed by atoms with Gasteiger partial charge < -0.3 is 10.1 Å². The number of halogens is 1. The minimum absolute atomic E-state index is 0.107. The molecule has 0 saturated heterocycles. The minimum atomic E-state index is -0.596. The highest BCUT2D eigenvalue weighted by atomic mass is 19.1. The molecular weight excluding hydrogens is 271 g/mol. The van der Waals surface area contributed by atoms with Gasteiger partial charge in [-0.1, -0.05) is 24.3 Å². The van der Waals surface area contributed by atoms with Gasteiger partial charge in [0.1, 0.15) is 0 Å². The molecule has 0 spiro atoms. The number of nitrogens with zero attached hydrogens (tertiary/aromatic N) is 1. The van der Waals surface area contributed by atoms with Crippen LogP contribution in [0.2, 0.25) is 0 Å². The van der Waals surface area contributed by atoms with Crippen molar-refractivity contribution in [2.75, 3.05) is 12.4 Å². The Morgan fingerprint density at radius 2 is 2.00 bits per heavy atom. The second-order valence-electron chi connectivity index (χ2n) is 5.06. The van der Waals surface area contributed by atoms with E-state index in [0.29, 0.717) is 0 Å². The Labute approximate surface area is 122 Å². The number of methoxy groups -OCH3 is 1. The number of nitrogens with one attached hydrogen (secondary N) is 1. The third kappa shape index (κ3) is 2.72. The zero-order valence-corrected chi connectivity index (χ0v) is 11.6. The van der Waals surface area contributed by atoms with Crippen LogP contribution in [-0.2, 0) is 17.6 Å². The second-order valence-corrected chi connectivity index (χ2v) is 5.06. The second kappa shape index (κ2) is 5.52. The number of anilines is 1. The van der Waals surface area contributed by atoms with Crippen molar-refractivity contribution in [3.63, 3.8) is 0 Å². The molecule has 0 radical (unpaired) electrons. The minimum Gasteiger partial charge on any atom is -0.465 e. The maximum Gasteiger partial charge on any atom is 0.339 e. The highest BCUT2D eigenvalue weighted by Crippen LogP contribution is 2.24. The molecular formula is C16H15FN2O2. The summed E-state index contributed by atoms with van der Waals surface area (Å²) in [6.07, 6.45) is 3.01. The lowest BCUT2D eigenvalue weighted by molar-refractivity contribution is 0.0599. The summed E-state index contributed by atoms with van der Waals surface area (Å²) in [5.41, 5.74) is 2.67. The van der Waals surface area contributed by atoms with E-state index in [1.807, 2.05) is 12.1 Å². The summed E-state index contributed by atoms with van der Waals surface area (Å²) in [4.78, 5) is 15.3. The summed E-state index contributed by atoms with van der Waals surface area (Å²) >= 11 is 0. The molecule has 0 aliphatic heterocycles. The number of hydrogen-bond donors (Lipinski definition) is 1. The van der Waals surface area contributed by atoms with Crippen LogP contribution in [0.4, 0.5) is 10.2 Å². The van der Waals surface area contributed by atoms with Crippen molar-refractivity contribution in [3.8, 4) is 0 Å². The van der Waals surface area contributed by atoms with E-state index in [1.54, 1.807) is 0 Å². The highest BCUT2D eigenvalue weighted by Gasteiger charge is 2.22. The molecule has 5 heteroatoms. The van der Waals surface area contributed by atoms with Crippen LogP contribution in [-0.4, -0.2) is 24.1 Å². The smallest absolute Gasteiger partial charge is 0.339 e. The molecule has 2 aromatic rings. The lowest BCUT2D eigenvalue weighted by Gasteiger charge is -2.13. The molecule has 0 saturated carbocycles. The summed E-state index contributed by atoms with van der Waals surface area (Å²) in [5, 5.41) is 3.10. The summed E-state index contributed by atoms with van der Waals surface area (Å²) in [7, 11) is 1.25. The normalized spacial score (nSPS) is 13.8. The molecule has 0 bridgehead atoms. The van der Waals surface area contributed by atoms with Crippen molar-refractivity contribution >= 4 is 11.8 Å². The average molecular weight is 286 g/mol. The lowest BCUT2D eigenvalue weighted by Crippen LogP contribution is -2.21. The molecule has 1 aromatic carbocycles. The first-order chi connectivity index (χ1) is 10.2. The van der Waals surface area contributed by atoms with Crippen molar-refractivity contribution < 1.29 is 13.9 Å². The molecule has 0 amide bonds. The SMILES string of the molecule is COC(=O)c1cnc(NC2Cc3ccccc3C2)c(F)c1. The largest absolute Gasteiger partial charge is 0.465 e. The number of carbonyl (C=O) groups excluding carboxylic acids is 1. The van der Waals surface area contributed by atoms with Crippen LogP contribution in [0.15, 0.2) is 36.5 Å². The topological polar surface area (TPSA) is 51.2 Å². The number of esters is 1. The van der Waals surface area contributed by atoms with Crippen LogP contribution in [0, 0.1) is 5.82 Å². The van der Waals surface area contributed by atoms with E-state index in [4.69, 9.17) is 0 Å². The molecule has 0 unspecified atom stereocenters. The predicted molar refractivity (Wildman–Crippen MR) is 76.8 cm³/mol. The fourth-order valence-corrected chi connectivity index (χ4v) is 2.63. The van der Waals surface area contributed by atoms with Gasteiger partial charge in [0.05, 0.1) is 12.7 Å². The van der Waals surface area contributed by atoms with Gasteiger partial charge in [0.15, 0.2) is 11.6 Å². The van der Waals surface area contributed by atoms with Gasteiger partial charge >= 0.3 is 5.97 Å². The van der Waals surface area contributed by atoms with Gasteiger partial charge in [0.2, 0.25) is 0 Å². The Morgan fingerprint density at radius 1 is 1.33 bits per heavy atom. The van der Waals surface area contributed by atoms with Crippen molar-refractivity contribution in [1.82, 2.24) is 4.98 Å². The molecule has 108 valence electrons. The standard InChI is InChI=1S/C16H15FN2O2/c1-21-16(20)12-8-14(17)15(18-9-12)19-13-6-10-4-2-3-5-11(10)7-13/h2-5,8-9,13H,6-7H2,1H3,(H,18,19). The Balaban J connectivity index is 1.74. The third-order valence-electron chi connectivity index (χ3n) is 3.65. The monoisotopic (exact) mass is 286 g/mol. The van der Waals surface area contributed by atoms with Crippen LogP contribution >= 0.6 is 0 Å². The number of aromatic nitrogens is 1. The first-order valence-corrected chi connectivity index (χ1v) is 6.74. The summed E-state index contributed by atoms with van der Waals surface area (Å²) in [6.45, 7) is 0. The van der Waals surface area contributed by atoms with E-state index in [2.05, 4.69) is 27.2 Å². The van der Waals surface area contributed by atoms with Crippen LogP contribution in [0.1, 0.15) is 21.5 Å². The molecule has 1 aromatic heterocycles. The van der Waals surface area contributed by atoms with Gasteiger partial charge in [-0.3, -0.25) is 0 Å². The molecule has 1 N–H and O–H groups in total. The number of hydrogen-bond acceptors (Lipinski definition) is 4. The molecule has 4 nitrogen and oxygen atoms in total. The van der Waals surface area contributed by atoms with Crippen LogP contribution < -0.4 is 5.32 Å². The predicted octanol–water partition coefficient (Wildman–Crippen LogP) is 2.59. The Hall–Kier alpha value is -2.43. The molecule has 21 heavy (non-hydrogen) atoms. The van der Waals surface area contributed by atoms with E-state index in [-0.39, 0.29) is 17.4 Å². The summed E-state index contributed by atoms with van der Waals surface area (Å²) in [5.74, 6) is -0.976. The molecule has 3 rings (SSSR count). The quantitative estimate of drug-likeness (QED) is 0.881. The van der Waals surface area contributed by atoms with Crippen LogP contribution in [0.25, 0.3) is 0 Å². The zero-order chi connectivity index (χ0) is 14.8. The number of pyridine rings is 1. The van der Waals surface area contributed by atoms with Gasteiger partial charge in [0, 0.05) is 12.2 Å². The fourth-order valence-electron chi connectivity index (χ4n) is 2.63. The molecule has 1 heterocycles. The van der Waals surface area contributed by atoms with E-state index < -0.39 is 11.8 Å². The van der Waals surface area contributed by atoms with Gasteiger partial charge in [0.25, 0.3) is 0 Å². The number of benzene rings is 1. The van der Waals surface area contributed by atoms with Crippen LogP contribution in [0.3, 0.4) is 0 Å². The Bertz CT molecular complexity index is 663. The van der Waals surface area contributed by atoms with Gasteiger partial charge in [-0.05, 0) is 30.0 Å². The number of ether oxygens (including phenoxy) is 1. The maximum absolute atomic E-state index is 14.0. The number of rotatable bonds is 3. The molecule has 1 aliphatic rings. The van der Waals surface area contributed by atoms with E-state index in [0.717, 1.165) is 18.9 Å². The summed E-state index contributed by atoms with van der Waals surface area (Å²) in [6, 6.07) is 9.44. The summed E-state index contributed by atoms with van der Waals surface area (Å²) < 4.78 is 18.5. The number of carbonyl (C=O) groups is 1. The highest BCUT2D eigenvalue weighted by molar-refractivity contribution is 5.89. The fraction of sp³-hybridized carbons (Fsp3) is 0.250.